The van der Waals surface area contributed by atoms with E-state index in [1.807, 2.05) is 24.3 Å². The van der Waals surface area contributed by atoms with Gasteiger partial charge in [0.15, 0.2) is 5.13 Å². The second kappa shape index (κ2) is 5.72. The van der Waals surface area contributed by atoms with Crippen molar-refractivity contribution in [2.24, 2.45) is 0 Å². The molecule has 0 bridgehead atoms. The first kappa shape index (κ1) is 13.3. The van der Waals surface area contributed by atoms with Crippen molar-refractivity contribution >= 4 is 44.7 Å². The van der Waals surface area contributed by atoms with Crippen molar-refractivity contribution in [1.29, 1.82) is 0 Å². The summed E-state index contributed by atoms with van der Waals surface area (Å²) in [7, 11) is 0. The van der Waals surface area contributed by atoms with Gasteiger partial charge in [-0.2, -0.15) is 0 Å². The highest BCUT2D eigenvalue weighted by Gasteiger charge is 2.09. The second-order valence-electron chi connectivity index (χ2n) is 4.28. The molecule has 0 saturated carbocycles. The van der Waals surface area contributed by atoms with E-state index in [2.05, 4.69) is 15.6 Å². The first-order valence-electron chi connectivity index (χ1n) is 6.23. The number of para-hydroxylation sites is 1. The molecule has 0 aliphatic heterocycles. The van der Waals surface area contributed by atoms with E-state index in [1.165, 1.54) is 11.3 Å². The van der Waals surface area contributed by atoms with Crippen LogP contribution in [0.4, 0.5) is 10.8 Å². The molecule has 2 amide bonds. The summed E-state index contributed by atoms with van der Waals surface area (Å²) in [6.45, 7) is 0. The molecule has 104 valence electrons. The Morgan fingerprint density at radius 1 is 1.10 bits per heavy atom. The molecule has 0 unspecified atom stereocenters. The predicted octanol–water partition coefficient (Wildman–Crippen LogP) is 3.12. The van der Waals surface area contributed by atoms with E-state index < -0.39 is 0 Å². The van der Waals surface area contributed by atoms with Gasteiger partial charge in [0, 0.05) is 11.3 Å². The lowest BCUT2D eigenvalue weighted by Gasteiger charge is -2.03. The summed E-state index contributed by atoms with van der Waals surface area (Å²) >= 11 is 1.43. The number of amides is 2. The number of carbonyl (C=O) groups is 2. The number of fused-ring (bicyclic) bond motifs is 1. The minimum atomic E-state index is -0.230. The first-order valence-corrected chi connectivity index (χ1v) is 7.05. The van der Waals surface area contributed by atoms with Crippen LogP contribution in [-0.4, -0.2) is 17.3 Å². The molecule has 1 heterocycles. The molecule has 0 atom stereocenters. The van der Waals surface area contributed by atoms with E-state index in [9.17, 15) is 9.59 Å². The van der Waals surface area contributed by atoms with Crippen LogP contribution in [0.15, 0.2) is 48.5 Å². The van der Waals surface area contributed by atoms with Crippen molar-refractivity contribution in [3.05, 3.63) is 54.1 Å². The summed E-state index contributed by atoms with van der Waals surface area (Å²) in [4.78, 5) is 26.8. The van der Waals surface area contributed by atoms with Crippen LogP contribution in [0.3, 0.4) is 0 Å². The summed E-state index contributed by atoms with van der Waals surface area (Å²) in [6.07, 6.45) is 0.593. The molecule has 2 aromatic carbocycles. The van der Waals surface area contributed by atoms with Crippen LogP contribution in [-0.2, 0) is 4.79 Å². The Kier molecular flexibility index (Phi) is 3.61. The molecule has 0 fully saturated rings. The fourth-order valence-electron chi connectivity index (χ4n) is 1.88. The van der Waals surface area contributed by atoms with E-state index in [0.717, 1.165) is 10.2 Å². The first-order chi connectivity index (χ1) is 10.3. The van der Waals surface area contributed by atoms with E-state index in [4.69, 9.17) is 0 Å². The fraction of sp³-hybridized carbons (Fsp3) is 0. The van der Waals surface area contributed by atoms with Gasteiger partial charge in [0.25, 0.3) is 5.91 Å². The zero-order valence-corrected chi connectivity index (χ0v) is 11.7. The van der Waals surface area contributed by atoms with Gasteiger partial charge in [0.1, 0.15) is 0 Å². The summed E-state index contributed by atoms with van der Waals surface area (Å²) in [6, 6.07) is 14.3. The van der Waals surface area contributed by atoms with Crippen molar-refractivity contribution in [3.8, 4) is 0 Å². The van der Waals surface area contributed by atoms with Crippen LogP contribution < -0.4 is 10.6 Å². The summed E-state index contributed by atoms with van der Waals surface area (Å²) in [5.74, 6) is -0.230. The lowest BCUT2D eigenvalue weighted by Crippen LogP contribution is -2.11. The minimum Gasteiger partial charge on any atom is -0.329 e. The standard InChI is InChI=1S/C15H11N3O2S/c19-9-16-11-7-5-10(6-8-11)14(20)18-15-17-12-3-1-2-4-13(12)21-15/h1-9H,(H,16,19)(H,17,18,20). The van der Waals surface area contributed by atoms with Crippen LogP contribution in [0.1, 0.15) is 10.4 Å². The molecule has 0 spiro atoms. The molecule has 5 nitrogen and oxygen atoms in total. The summed E-state index contributed by atoms with van der Waals surface area (Å²) < 4.78 is 1.03. The van der Waals surface area contributed by atoms with Crippen molar-refractivity contribution < 1.29 is 9.59 Å². The maximum atomic E-state index is 12.1. The van der Waals surface area contributed by atoms with E-state index in [-0.39, 0.29) is 5.91 Å². The third kappa shape index (κ3) is 2.90. The average Bonchev–Trinajstić information content (AvgIpc) is 2.90. The quantitative estimate of drug-likeness (QED) is 0.727. The summed E-state index contributed by atoms with van der Waals surface area (Å²) in [5, 5.41) is 5.86. The van der Waals surface area contributed by atoms with Gasteiger partial charge in [-0.05, 0) is 36.4 Å². The molecule has 0 aliphatic rings. The number of carbonyl (C=O) groups excluding carboxylic acids is 2. The lowest BCUT2D eigenvalue weighted by molar-refractivity contribution is -0.105. The van der Waals surface area contributed by atoms with Gasteiger partial charge >= 0.3 is 0 Å². The van der Waals surface area contributed by atoms with Gasteiger partial charge in [-0.15, -0.1) is 0 Å². The Hall–Kier alpha value is -2.73. The Bertz CT molecular complexity index is 763. The Morgan fingerprint density at radius 3 is 2.57 bits per heavy atom. The smallest absolute Gasteiger partial charge is 0.257 e. The molecule has 0 saturated heterocycles. The molecule has 6 heteroatoms. The number of nitrogens with zero attached hydrogens (tertiary/aromatic N) is 1. The van der Waals surface area contributed by atoms with Crippen molar-refractivity contribution in [3.63, 3.8) is 0 Å². The summed E-state index contributed by atoms with van der Waals surface area (Å²) in [5.41, 5.74) is 2.01. The molecule has 2 N–H and O–H groups in total. The lowest BCUT2D eigenvalue weighted by atomic mass is 10.2. The number of rotatable bonds is 4. The van der Waals surface area contributed by atoms with Crippen molar-refractivity contribution in [2.45, 2.75) is 0 Å². The highest BCUT2D eigenvalue weighted by molar-refractivity contribution is 7.22. The Balaban J connectivity index is 1.77. The largest absolute Gasteiger partial charge is 0.329 e. The zero-order valence-electron chi connectivity index (χ0n) is 10.9. The highest BCUT2D eigenvalue weighted by Crippen LogP contribution is 2.25. The maximum absolute atomic E-state index is 12.1. The number of benzene rings is 2. The number of nitrogens with one attached hydrogen (secondary N) is 2. The van der Waals surface area contributed by atoms with Crippen LogP contribution in [0.2, 0.25) is 0 Å². The maximum Gasteiger partial charge on any atom is 0.257 e. The van der Waals surface area contributed by atoms with Gasteiger partial charge < -0.3 is 5.32 Å². The van der Waals surface area contributed by atoms with Crippen LogP contribution in [0.5, 0.6) is 0 Å². The van der Waals surface area contributed by atoms with Crippen LogP contribution in [0, 0.1) is 0 Å². The monoisotopic (exact) mass is 297 g/mol. The Labute approximate surface area is 124 Å². The van der Waals surface area contributed by atoms with Gasteiger partial charge in [-0.25, -0.2) is 4.98 Å². The second-order valence-corrected chi connectivity index (χ2v) is 5.31. The minimum absolute atomic E-state index is 0.230. The highest BCUT2D eigenvalue weighted by atomic mass is 32.1. The number of aromatic nitrogens is 1. The molecular formula is C15H11N3O2S. The molecule has 0 radical (unpaired) electrons. The number of anilines is 2. The van der Waals surface area contributed by atoms with Crippen molar-refractivity contribution in [1.82, 2.24) is 4.98 Å². The van der Waals surface area contributed by atoms with E-state index in [0.29, 0.717) is 22.8 Å². The number of hydrogen-bond donors (Lipinski definition) is 2. The van der Waals surface area contributed by atoms with Crippen LogP contribution >= 0.6 is 11.3 Å². The van der Waals surface area contributed by atoms with E-state index in [1.54, 1.807) is 24.3 Å². The molecule has 1 aromatic heterocycles. The average molecular weight is 297 g/mol. The number of hydrogen-bond acceptors (Lipinski definition) is 4. The third-order valence-electron chi connectivity index (χ3n) is 2.89. The van der Waals surface area contributed by atoms with Gasteiger partial charge in [0.2, 0.25) is 6.41 Å². The molecule has 3 rings (SSSR count). The molecular weight excluding hydrogens is 286 g/mol. The Morgan fingerprint density at radius 2 is 1.86 bits per heavy atom. The molecule has 21 heavy (non-hydrogen) atoms. The third-order valence-corrected chi connectivity index (χ3v) is 3.84. The van der Waals surface area contributed by atoms with Gasteiger partial charge in [0.05, 0.1) is 10.2 Å². The van der Waals surface area contributed by atoms with Gasteiger partial charge in [-0.3, -0.25) is 14.9 Å². The van der Waals surface area contributed by atoms with E-state index >= 15 is 0 Å². The molecule has 3 aromatic rings. The fourth-order valence-corrected chi connectivity index (χ4v) is 2.74. The SMILES string of the molecule is O=CNc1ccc(C(=O)Nc2nc3ccccc3s2)cc1. The predicted molar refractivity (Wildman–Crippen MR) is 83.7 cm³/mol. The zero-order chi connectivity index (χ0) is 14.7. The van der Waals surface area contributed by atoms with Gasteiger partial charge in [-0.1, -0.05) is 23.5 Å². The van der Waals surface area contributed by atoms with Crippen LogP contribution in [0.25, 0.3) is 10.2 Å². The topological polar surface area (TPSA) is 71.1 Å². The molecule has 0 aliphatic carbocycles. The van der Waals surface area contributed by atoms with Crippen molar-refractivity contribution in [2.75, 3.05) is 10.6 Å². The normalized spacial score (nSPS) is 10.3. The number of thiazole rings is 1.